The molecule has 1 heterocycles. The first-order valence-electron chi connectivity index (χ1n) is 6.92. The van der Waals surface area contributed by atoms with Gasteiger partial charge in [0.15, 0.2) is 0 Å². The summed E-state index contributed by atoms with van der Waals surface area (Å²) in [5.41, 5.74) is -0.656. The smallest absolute Gasteiger partial charge is 0.332 e. The van der Waals surface area contributed by atoms with E-state index in [2.05, 4.69) is 20.6 Å². The van der Waals surface area contributed by atoms with Crippen LogP contribution in [0.25, 0.3) is 0 Å². The van der Waals surface area contributed by atoms with E-state index < -0.39 is 16.6 Å². The average molecular weight is 297 g/mol. The molecule has 3 N–H and O–H groups in total. The quantitative estimate of drug-likeness (QED) is 0.521. The molecule has 1 rings (SSSR count). The zero-order valence-corrected chi connectivity index (χ0v) is 13.1. The summed E-state index contributed by atoms with van der Waals surface area (Å²) in [6.07, 6.45) is 0.181. The number of aliphatic hydroxyl groups excluding tert-OH is 1. The van der Waals surface area contributed by atoms with Crippen LogP contribution in [0.4, 0.5) is 17.5 Å². The van der Waals surface area contributed by atoms with Gasteiger partial charge in [0.25, 0.3) is 0 Å². The molecule has 8 nitrogen and oxygen atoms in total. The number of nitro groups is 1. The SMILES string of the molecule is CCCNc1nc(C)c([N+](=O)[O-])c(NC(C)(C)C(C)O)n1. The minimum absolute atomic E-state index is 0.108. The first-order valence-corrected chi connectivity index (χ1v) is 6.92. The lowest BCUT2D eigenvalue weighted by Crippen LogP contribution is -2.42. The van der Waals surface area contributed by atoms with E-state index in [-0.39, 0.29) is 17.2 Å². The monoisotopic (exact) mass is 297 g/mol. The highest BCUT2D eigenvalue weighted by Gasteiger charge is 2.30. The van der Waals surface area contributed by atoms with E-state index in [9.17, 15) is 15.2 Å². The van der Waals surface area contributed by atoms with E-state index >= 15 is 0 Å². The maximum absolute atomic E-state index is 11.2. The number of nitrogens with zero attached hydrogens (tertiary/aromatic N) is 3. The molecular weight excluding hydrogens is 274 g/mol. The van der Waals surface area contributed by atoms with Gasteiger partial charge in [-0.2, -0.15) is 4.98 Å². The van der Waals surface area contributed by atoms with Gasteiger partial charge < -0.3 is 15.7 Å². The molecule has 0 fully saturated rings. The Bertz CT molecular complexity index is 517. The molecule has 8 heteroatoms. The standard InChI is InChI=1S/C13H23N5O3/c1-6-7-14-12-15-8(2)10(18(20)21)11(16-12)17-13(4,5)9(3)19/h9,19H,6-7H2,1-5H3,(H2,14,15,16,17). The zero-order chi connectivity index (χ0) is 16.2. The third kappa shape index (κ3) is 4.25. The molecule has 0 radical (unpaired) electrons. The van der Waals surface area contributed by atoms with Crippen molar-refractivity contribution in [3.63, 3.8) is 0 Å². The van der Waals surface area contributed by atoms with Crippen LogP contribution in [0.2, 0.25) is 0 Å². The zero-order valence-electron chi connectivity index (χ0n) is 13.1. The normalized spacial score (nSPS) is 12.9. The number of anilines is 2. The number of hydrogen-bond donors (Lipinski definition) is 3. The van der Waals surface area contributed by atoms with E-state index in [1.54, 1.807) is 27.7 Å². The van der Waals surface area contributed by atoms with E-state index in [1.165, 1.54) is 0 Å². The molecule has 0 saturated carbocycles. The van der Waals surface area contributed by atoms with Crippen LogP contribution in [0.5, 0.6) is 0 Å². The maximum Gasteiger partial charge on any atom is 0.332 e. The van der Waals surface area contributed by atoms with Crippen molar-refractivity contribution in [2.75, 3.05) is 17.2 Å². The molecule has 21 heavy (non-hydrogen) atoms. The van der Waals surface area contributed by atoms with Crippen LogP contribution >= 0.6 is 0 Å². The molecule has 0 aliphatic carbocycles. The van der Waals surface area contributed by atoms with E-state index in [0.717, 1.165) is 6.42 Å². The predicted octanol–water partition coefficient (Wildman–Crippen LogP) is 2.09. The molecule has 1 unspecified atom stereocenters. The van der Waals surface area contributed by atoms with Crippen LogP contribution in [0.3, 0.4) is 0 Å². The third-order valence-electron chi connectivity index (χ3n) is 3.26. The number of aryl methyl sites for hydroxylation is 1. The van der Waals surface area contributed by atoms with Crippen molar-refractivity contribution in [1.82, 2.24) is 9.97 Å². The lowest BCUT2D eigenvalue weighted by molar-refractivity contribution is -0.385. The van der Waals surface area contributed by atoms with Crippen LogP contribution in [0, 0.1) is 17.0 Å². The first-order chi connectivity index (χ1) is 9.69. The minimum Gasteiger partial charge on any atom is -0.391 e. The highest BCUT2D eigenvalue weighted by Crippen LogP contribution is 2.29. The summed E-state index contributed by atoms with van der Waals surface area (Å²) in [5.74, 6) is 0.445. The van der Waals surface area contributed by atoms with Crippen LogP contribution in [0.15, 0.2) is 0 Å². The van der Waals surface area contributed by atoms with Gasteiger partial charge in [0.05, 0.1) is 16.6 Å². The molecule has 0 spiro atoms. The summed E-state index contributed by atoms with van der Waals surface area (Å²) < 4.78 is 0. The Morgan fingerprint density at radius 1 is 1.43 bits per heavy atom. The summed E-state index contributed by atoms with van der Waals surface area (Å²) in [6, 6.07) is 0. The van der Waals surface area contributed by atoms with Gasteiger partial charge in [-0.05, 0) is 34.1 Å². The molecule has 0 amide bonds. The number of nitrogens with one attached hydrogen (secondary N) is 2. The second-order valence-corrected chi connectivity index (χ2v) is 5.54. The lowest BCUT2D eigenvalue weighted by atomic mass is 9.99. The molecular formula is C13H23N5O3. The summed E-state index contributed by atoms with van der Waals surface area (Å²) >= 11 is 0. The Labute approximate surface area is 124 Å². The van der Waals surface area contributed by atoms with Gasteiger partial charge in [-0.1, -0.05) is 6.92 Å². The number of hydrogen-bond acceptors (Lipinski definition) is 7. The van der Waals surface area contributed by atoms with Crippen molar-refractivity contribution < 1.29 is 10.0 Å². The summed E-state index contributed by atoms with van der Waals surface area (Å²) in [7, 11) is 0. The van der Waals surface area contributed by atoms with Crippen molar-refractivity contribution in [2.45, 2.75) is 52.7 Å². The fourth-order valence-electron chi connectivity index (χ4n) is 1.60. The Balaban J connectivity index is 3.25. The Kier molecular flexibility index (Phi) is 5.42. The van der Waals surface area contributed by atoms with Crippen LogP contribution in [0.1, 0.15) is 39.8 Å². The van der Waals surface area contributed by atoms with Gasteiger partial charge in [0.1, 0.15) is 5.69 Å². The molecule has 0 aromatic carbocycles. The largest absolute Gasteiger partial charge is 0.391 e. The summed E-state index contributed by atoms with van der Waals surface area (Å²) in [6.45, 7) is 9.36. The highest BCUT2D eigenvalue weighted by atomic mass is 16.6. The molecule has 1 atom stereocenters. The first kappa shape index (κ1) is 17.1. The molecule has 118 valence electrons. The van der Waals surface area contributed by atoms with Crippen molar-refractivity contribution in [2.24, 2.45) is 0 Å². The Morgan fingerprint density at radius 3 is 2.52 bits per heavy atom. The van der Waals surface area contributed by atoms with Crippen molar-refractivity contribution in [3.8, 4) is 0 Å². The second kappa shape index (κ2) is 6.66. The van der Waals surface area contributed by atoms with Gasteiger partial charge in [-0.15, -0.1) is 0 Å². The number of aromatic nitrogens is 2. The van der Waals surface area contributed by atoms with Crippen LogP contribution in [-0.2, 0) is 0 Å². The lowest BCUT2D eigenvalue weighted by Gasteiger charge is -2.29. The van der Waals surface area contributed by atoms with Crippen LogP contribution in [-0.4, -0.2) is 38.2 Å². The minimum atomic E-state index is -0.756. The summed E-state index contributed by atoms with van der Waals surface area (Å²) in [4.78, 5) is 19.0. The van der Waals surface area contributed by atoms with Gasteiger partial charge >= 0.3 is 5.69 Å². The Hall–Kier alpha value is -1.96. The second-order valence-electron chi connectivity index (χ2n) is 5.54. The number of aliphatic hydroxyl groups is 1. The van der Waals surface area contributed by atoms with E-state index in [1.807, 2.05) is 6.92 Å². The van der Waals surface area contributed by atoms with Crippen LogP contribution < -0.4 is 10.6 Å². The van der Waals surface area contributed by atoms with Gasteiger partial charge in [0, 0.05) is 6.54 Å². The number of rotatable bonds is 7. The average Bonchev–Trinajstić information content (AvgIpc) is 2.34. The van der Waals surface area contributed by atoms with E-state index in [4.69, 9.17) is 0 Å². The van der Waals surface area contributed by atoms with Crippen molar-refractivity contribution in [3.05, 3.63) is 15.8 Å². The summed E-state index contributed by atoms with van der Waals surface area (Å²) in [5, 5.41) is 26.9. The molecule has 0 aliphatic rings. The molecule has 0 saturated heterocycles. The molecule has 1 aromatic heterocycles. The van der Waals surface area contributed by atoms with Gasteiger partial charge in [-0.3, -0.25) is 10.1 Å². The van der Waals surface area contributed by atoms with Crippen molar-refractivity contribution >= 4 is 17.5 Å². The molecule has 0 aliphatic heterocycles. The van der Waals surface area contributed by atoms with Gasteiger partial charge in [-0.25, -0.2) is 4.98 Å². The third-order valence-corrected chi connectivity index (χ3v) is 3.26. The van der Waals surface area contributed by atoms with E-state index in [0.29, 0.717) is 12.5 Å². The predicted molar refractivity (Wildman–Crippen MR) is 81.6 cm³/mol. The van der Waals surface area contributed by atoms with Gasteiger partial charge in [0.2, 0.25) is 11.8 Å². The Morgan fingerprint density at radius 2 is 2.05 bits per heavy atom. The highest BCUT2D eigenvalue weighted by molar-refractivity contribution is 5.62. The molecule has 0 bridgehead atoms. The maximum atomic E-state index is 11.2. The van der Waals surface area contributed by atoms with Crippen molar-refractivity contribution in [1.29, 1.82) is 0 Å². The topological polar surface area (TPSA) is 113 Å². The fraction of sp³-hybridized carbons (Fsp3) is 0.692. The fourth-order valence-corrected chi connectivity index (χ4v) is 1.60. The molecule has 1 aromatic rings.